The Labute approximate surface area is 202 Å². The summed E-state index contributed by atoms with van der Waals surface area (Å²) in [6, 6.07) is 5.52. The minimum absolute atomic E-state index is 0.00942. The molecule has 0 saturated heterocycles. The fraction of sp³-hybridized carbons (Fsp3) is 0.455. The predicted molar refractivity (Wildman–Crippen MR) is 114 cm³/mol. The van der Waals surface area contributed by atoms with Crippen LogP contribution in [-0.2, 0) is 25.6 Å². The van der Waals surface area contributed by atoms with E-state index in [9.17, 15) is 65.1 Å². The molecule has 14 nitrogen and oxygen atoms in total. The van der Waals surface area contributed by atoms with Gasteiger partial charge in [0.2, 0.25) is 17.3 Å². The van der Waals surface area contributed by atoms with Crippen molar-refractivity contribution in [2.24, 2.45) is 5.92 Å². The molecule has 0 bridgehead atoms. The Morgan fingerprint density at radius 1 is 0.944 bits per heavy atom. The van der Waals surface area contributed by atoms with Gasteiger partial charge in [-0.25, -0.2) is 0 Å². The van der Waals surface area contributed by atoms with E-state index in [1.165, 1.54) is 24.3 Å². The van der Waals surface area contributed by atoms with Gasteiger partial charge < -0.3 is 55.9 Å². The molecule has 0 spiro atoms. The first-order valence-corrected chi connectivity index (χ1v) is 10.5. The number of carbonyl (C=O) groups excluding carboxylic acids is 4. The van der Waals surface area contributed by atoms with Crippen LogP contribution in [0.2, 0.25) is 0 Å². The van der Waals surface area contributed by atoms with E-state index in [0.29, 0.717) is 5.56 Å². The van der Waals surface area contributed by atoms with E-state index in [2.05, 4.69) is 0 Å². The Bertz CT molecular complexity index is 1050. The average Bonchev–Trinajstić information content (AvgIpc) is 2.87. The van der Waals surface area contributed by atoms with Gasteiger partial charge in [0.05, 0.1) is 12.2 Å². The molecule has 0 radical (unpaired) electrons. The van der Waals surface area contributed by atoms with Crippen molar-refractivity contribution >= 4 is 23.6 Å². The lowest BCUT2D eigenvalue weighted by Gasteiger charge is -2.38. The number of hydrogen-bond acceptors (Lipinski definition) is 14. The second-order valence-corrected chi connectivity index (χ2v) is 8.29. The third-order valence-electron chi connectivity index (χ3n) is 5.90. The summed E-state index contributed by atoms with van der Waals surface area (Å²) < 4.78 is 0. The van der Waals surface area contributed by atoms with E-state index < -0.39 is 77.0 Å². The molecule has 0 amide bonds. The normalized spacial score (nSPS) is 24.1. The van der Waals surface area contributed by atoms with Crippen LogP contribution in [0.5, 0.6) is 5.75 Å². The summed E-state index contributed by atoms with van der Waals surface area (Å²) in [6.07, 6.45) is -10.5. The Hall–Kier alpha value is -3.08. The van der Waals surface area contributed by atoms with E-state index in [4.69, 9.17) is 5.11 Å². The Balaban J connectivity index is 2.47. The summed E-state index contributed by atoms with van der Waals surface area (Å²) in [7, 11) is 0. The Kier molecular flexibility index (Phi) is 8.82. The van der Waals surface area contributed by atoms with Crippen LogP contribution in [0.15, 0.2) is 35.6 Å². The third-order valence-corrected chi connectivity index (χ3v) is 5.90. The third kappa shape index (κ3) is 5.07. The van der Waals surface area contributed by atoms with E-state index >= 15 is 0 Å². The van der Waals surface area contributed by atoms with Crippen LogP contribution in [-0.4, -0.2) is 117 Å². The summed E-state index contributed by atoms with van der Waals surface area (Å²) in [6.45, 7) is -1.15. The molecule has 6 atom stereocenters. The first-order chi connectivity index (χ1) is 16.7. The average molecular weight is 514 g/mol. The molecule has 0 saturated carbocycles. The van der Waals surface area contributed by atoms with Gasteiger partial charge in [-0.3, -0.25) is 14.4 Å². The highest BCUT2D eigenvalue weighted by Crippen LogP contribution is 2.37. The van der Waals surface area contributed by atoms with Crippen molar-refractivity contribution in [1.82, 2.24) is 0 Å². The maximum absolute atomic E-state index is 13.1. The molecule has 1 aliphatic rings. The van der Waals surface area contributed by atoms with Crippen LogP contribution >= 0.6 is 0 Å². The number of carbonyl (C=O) groups is 4. The fourth-order valence-corrected chi connectivity index (χ4v) is 3.68. The monoisotopic (exact) mass is 514 g/mol. The minimum atomic E-state index is -4.14. The number of aryl methyl sites for hydroxylation is 1. The van der Waals surface area contributed by atoms with Crippen molar-refractivity contribution < 1.29 is 70.2 Å². The van der Waals surface area contributed by atoms with Gasteiger partial charge in [-0.1, -0.05) is 12.1 Å². The van der Waals surface area contributed by atoms with Crippen molar-refractivity contribution in [3.05, 3.63) is 41.2 Å². The number of hydrogen-bond donors (Lipinski definition) is 10. The largest absolute Gasteiger partial charge is 0.508 e. The first-order valence-electron chi connectivity index (χ1n) is 10.5. The van der Waals surface area contributed by atoms with Crippen LogP contribution in [0.3, 0.4) is 0 Å². The van der Waals surface area contributed by atoms with Crippen molar-refractivity contribution in [2.75, 3.05) is 6.61 Å². The number of Topliss-reactive ketones (excluding diaryl/α,β-unsaturated/α-hetero) is 3. The molecule has 2 rings (SSSR count). The molecular formula is C22H26O14. The maximum atomic E-state index is 13.1. The number of aldehydes is 1. The quantitative estimate of drug-likeness (QED) is 0.0758. The first kappa shape index (κ1) is 29.2. The van der Waals surface area contributed by atoms with Crippen molar-refractivity contribution in [3.8, 4) is 5.75 Å². The Morgan fingerprint density at radius 3 is 2.00 bits per heavy atom. The molecule has 10 N–H and O–H groups in total. The zero-order chi connectivity index (χ0) is 27.6. The number of aromatic hydroxyl groups is 1. The van der Waals surface area contributed by atoms with Crippen molar-refractivity contribution in [2.45, 2.75) is 48.6 Å². The molecule has 1 aliphatic carbocycles. The fourth-order valence-electron chi connectivity index (χ4n) is 3.68. The maximum Gasteiger partial charge on any atom is 0.288 e. The zero-order valence-electron chi connectivity index (χ0n) is 18.5. The molecule has 0 aromatic heterocycles. The van der Waals surface area contributed by atoms with Gasteiger partial charge in [0, 0.05) is 5.92 Å². The lowest BCUT2D eigenvalue weighted by Crippen LogP contribution is -2.69. The molecule has 0 fully saturated rings. The molecule has 198 valence electrons. The summed E-state index contributed by atoms with van der Waals surface area (Å²) >= 11 is 0. The van der Waals surface area contributed by atoms with Crippen LogP contribution in [0.25, 0.3) is 0 Å². The predicted octanol–water partition coefficient (Wildman–Crippen LogP) is -4.48. The molecular weight excluding hydrogens is 488 g/mol. The van der Waals surface area contributed by atoms with E-state index in [1.807, 2.05) is 0 Å². The SMILES string of the molecule is O=CC(CCc1ccc(O)cc1)C1=C(O)C(O)(O)C(=O)C(O)(C(=O)[C@H](O)[C@@H](O)[C@H](O)[C@H](O)CO)C1=O. The summed E-state index contributed by atoms with van der Waals surface area (Å²) in [5.41, 5.74) is -4.86. The number of phenols is 1. The molecule has 0 aliphatic heterocycles. The second-order valence-electron chi connectivity index (χ2n) is 8.29. The summed E-state index contributed by atoms with van der Waals surface area (Å²) in [5, 5.41) is 98.5. The smallest absolute Gasteiger partial charge is 0.288 e. The van der Waals surface area contributed by atoms with Gasteiger partial charge in [0.1, 0.15) is 36.5 Å². The van der Waals surface area contributed by atoms with Crippen LogP contribution in [0, 0.1) is 5.92 Å². The van der Waals surface area contributed by atoms with Crippen molar-refractivity contribution in [3.63, 3.8) is 0 Å². The van der Waals surface area contributed by atoms with Gasteiger partial charge in [-0.05, 0) is 30.5 Å². The highest BCUT2D eigenvalue weighted by molar-refractivity contribution is 6.36. The molecule has 0 heterocycles. The van der Waals surface area contributed by atoms with Gasteiger partial charge in [0.15, 0.2) is 5.76 Å². The van der Waals surface area contributed by atoms with Gasteiger partial charge in [-0.2, -0.15) is 0 Å². The summed E-state index contributed by atoms with van der Waals surface area (Å²) in [5.74, 6) is -14.3. The number of phenolic OH excluding ortho intramolecular Hbond substituents is 1. The standard InChI is InChI=1S/C22H26O14/c23-7-10(4-1-9-2-5-11(25)6-3-9)13-17(30)21(34,20(33)22(35,36)18(13)31)19(32)16(29)15(28)14(27)12(26)8-24/h2-3,5-7,10,12,14-16,24-29,31,34-36H,1,4,8H2/t10?,12-,14-,15+,16-,21?/m1/s1. The van der Waals surface area contributed by atoms with Crippen LogP contribution in [0.1, 0.15) is 12.0 Å². The van der Waals surface area contributed by atoms with E-state index in [1.54, 1.807) is 0 Å². The lowest BCUT2D eigenvalue weighted by atomic mass is 9.70. The topological polar surface area (TPSA) is 271 Å². The van der Waals surface area contributed by atoms with Crippen LogP contribution < -0.4 is 0 Å². The van der Waals surface area contributed by atoms with E-state index in [0.717, 1.165) is 0 Å². The molecule has 1 aromatic carbocycles. The van der Waals surface area contributed by atoms with Gasteiger partial charge in [0.25, 0.3) is 11.4 Å². The van der Waals surface area contributed by atoms with Crippen molar-refractivity contribution in [1.29, 1.82) is 0 Å². The summed E-state index contributed by atoms with van der Waals surface area (Å²) in [4.78, 5) is 50.1. The van der Waals surface area contributed by atoms with Crippen LogP contribution in [0.4, 0.5) is 0 Å². The molecule has 1 aromatic rings. The number of benzene rings is 1. The molecule has 36 heavy (non-hydrogen) atoms. The van der Waals surface area contributed by atoms with Gasteiger partial charge in [-0.15, -0.1) is 0 Å². The molecule has 14 heteroatoms. The highest BCUT2D eigenvalue weighted by Gasteiger charge is 2.67. The number of aliphatic hydroxyl groups excluding tert-OH is 6. The number of rotatable bonds is 11. The molecule has 2 unspecified atom stereocenters. The number of ketones is 3. The Morgan fingerprint density at radius 2 is 1.50 bits per heavy atom. The lowest BCUT2D eigenvalue weighted by molar-refractivity contribution is -0.204. The second kappa shape index (κ2) is 10.9. The minimum Gasteiger partial charge on any atom is -0.508 e. The van der Waals surface area contributed by atoms with Gasteiger partial charge >= 0.3 is 0 Å². The zero-order valence-corrected chi connectivity index (χ0v) is 18.5. The van der Waals surface area contributed by atoms with E-state index in [-0.39, 0.29) is 24.9 Å². The number of aliphatic hydroxyl groups is 9. The highest BCUT2D eigenvalue weighted by atomic mass is 16.5.